The van der Waals surface area contributed by atoms with E-state index in [2.05, 4.69) is 5.32 Å². The predicted molar refractivity (Wildman–Crippen MR) is 36.2 cm³/mol. The fraction of sp³-hybridized carbons (Fsp3) is 0.857. The van der Waals surface area contributed by atoms with Gasteiger partial charge in [0.1, 0.15) is 0 Å². The van der Waals surface area contributed by atoms with Gasteiger partial charge in [-0.25, -0.2) is 0 Å². The average molecular weight is 148 g/mol. The summed E-state index contributed by atoms with van der Waals surface area (Å²) in [6.45, 7) is 0.123. The Morgan fingerprint density at radius 3 is 2.40 bits per heavy atom. The molecule has 0 saturated carbocycles. The summed E-state index contributed by atoms with van der Waals surface area (Å²) in [4.78, 5) is 0. The second-order valence-corrected chi connectivity index (χ2v) is 2.89. The Balaban J connectivity index is 2.44. The first-order chi connectivity index (χ1) is 4.83. The van der Waals surface area contributed by atoms with Gasteiger partial charge in [-0.3, -0.25) is 8.78 Å². The summed E-state index contributed by atoms with van der Waals surface area (Å²) in [5.74, 6) is 0. The lowest BCUT2D eigenvalue weighted by molar-refractivity contribution is 0.133. The van der Waals surface area contributed by atoms with Crippen molar-refractivity contribution in [3.63, 3.8) is 0 Å². The van der Waals surface area contributed by atoms with E-state index in [1.165, 1.54) is 0 Å². The minimum absolute atomic E-state index is 0.469. The summed E-state index contributed by atoms with van der Waals surface area (Å²) in [6.07, 6.45) is 2.45. The molecule has 1 rings (SSSR count). The molecule has 10 heavy (non-hydrogen) atoms. The summed E-state index contributed by atoms with van der Waals surface area (Å²) >= 11 is 0. The molecule has 59 valence electrons. The molecule has 0 aliphatic carbocycles. The molecular formula is C7H12F2N. The molecule has 0 atom stereocenters. The van der Waals surface area contributed by atoms with E-state index >= 15 is 0 Å². The van der Waals surface area contributed by atoms with Crippen molar-refractivity contribution in [2.24, 2.45) is 5.41 Å². The molecule has 1 saturated heterocycles. The fourth-order valence-electron chi connectivity index (χ4n) is 1.13. The number of rotatable bonds is 2. The van der Waals surface area contributed by atoms with Gasteiger partial charge >= 0.3 is 0 Å². The number of hydrogen-bond acceptors (Lipinski definition) is 1. The highest BCUT2D eigenvalue weighted by molar-refractivity contribution is 4.92. The minimum atomic E-state index is -0.738. The Bertz CT molecular complexity index is 93.8. The molecule has 1 fully saturated rings. The van der Waals surface area contributed by atoms with E-state index in [9.17, 15) is 8.78 Å². The van der Waals surface area contributed by atoms with E-state index < -0.39 is 18.8 Å². The van der Waals surface area contributed by atoms with Gasteiger partial charge in [0.05, 0.1) is 13.3 Å². The third kappa shape index (κ3) is 1.45. The SMILES string of the molecule is FCC1(CF)C[CH]CNC1. The molecule has 0 aromatic rings. The van der Waals surface area contributed by atoms with Gasteiger partial charge in [-0.05, 0) is 19.4 Å². The molecule has 1 nitrogen and oxygen atoms in total. The lowest BCUT2D eigenvalue weighted by Crippen LogP contribution is -2.43. The number of alkyl halides is 2. The Kier molecular flexibility index (Phi) is 2.60. The van der Waals surface area contributed by atoms with Gasteiger partial charge in [-0.2, -0.15) is 0 Å². The first kappa shape index (κ1) is 7.92. The van der Waals surface area contributed by atoms with E-state index in [1.807, 2.05) is 6.42 Å². The van der Waals surface area contributed by atoms with Gasteiger partial charge in [0.15, 0.2) is 0 Å². The van der Waals surface area contributed by atoms with Crippen molar-refractivity contribution >= 4 is 0 Å². The lowest BCUT2D eigenvalue weighted by Gasteiger charge is -2.32. The molecule has 1 radical (unpaired) electrons. The topological polar surface area (TPSA) is 12.0 Å². The zero-order chi connectivity index (χ0) is 7.45. The van der Waals surface area contributed by atoms with Crippen molar-refractivity contribution in [2.45, 2.75) is 6.42 Å². The van der Waals surface area contributed by atoms with Gasteiger partial charge in [-0.1, -0.05) is 0 Å². The normalized spacial score (nSPS) is 24.6. The maximum absolute atomic E-state index is 12.2. The van der Waals surface area contributed by atoms with E-state index in [0.29, 0.717) is 13.0 Å². The largest absolute Gasteiger partial charge is 0.316 e. The van der Waals surface area contributed by atoms with E-state index in [0.717, 1.165) is 6.54 Å². The molecule has 3 heteroatoms. The molecule has 0 aromatic carbocycles. The highest BCUT2D eigenvalue weighted by Crippen LogP contribution is 2.26. The van der Waals surface area contributed by atoms with E-state index in [-0.39, 0.29) is 0 Å². The minimum Gasteiger partial charge on any atom is -0.316 e. The maximum Gasteiger partial charge on any atom is 0.0988 e. The second kappa shape index (κ2) is 3.28. The number of halogens is 2. The summed E-state index contributed by atoms with van der Waals surface area (Å²) in [5.41, 5.74) is -0.738. The molecule has 1 aliphatic heterocycles. The van der Waals surface area contributed by atoms with Crippen LogP contribution in [-0.2, 0) is 0 Å². The molecule has 1 N–H and O–H groups in total. The van der Waals surface area contributed by atoms with Crippen LogP contribution in [0, 0.1) is 11.8 Å². The molecule has 0 spiro atoms. The highest BCUT2D eigenvalue weighted by Gasteiger charge is 2.32. The van der Waals surface area contributed by atoms with Crippen molar-refractivity contribution in [3.05, 3.63) is 6.42 Å². The van der Waals surface area contributed by atoms with Crippen LogP contribution in [-0.4, -0.2) is 26.4 Å². The number of hydrogen-bond donors (Lipinski definition) is 1. The highest BCUT2D eigenvalue weighted by atomic mass is 19.1. The van der Waals surface area contributed by atoms with E-state index in [4.69, 9.17) is 0 Å². The van der Waals surface area contributed by atoms with Gasteiger partial charge < -0.3 is 5.32 Å². The van der Waals surface area contributed by atoms with Crippen molar-refractivity contribution in [2.75, 3.05) is 26.4 Å². The smallest absolute Gasteiger partial charge is 0.0988 e. The summed E-state index contributed by atoms with van der Waals surface area (Å²) in [7, 11) is 0. The van der Waals surface area contributed by atoms with Crippen LogP contribution < -0.4 is 5.32 Å². The summed E-state index contributed by atoms with van der Waals surface area (Å²) in [5, 5.41) is 2.94. The maximum atomic E-state index is 12.2. The van der Waals surface area contributed by atoms with Crippen LogP contribution in [0.2, 0.25) is 0 Å². The lowest BCUT2D eigenvalue weighted by atomic mass is 9.83. The molecule has 0 aromatic heterocycles. The Morgan fingerprint density at radius 1 is 1.40 bits per heavy atom. The van der Waals surface area contributed by atoms with Crippen LogP contribution in [0.5, 0.6) is 0 Å². The van der Waals surface area contributed by atoms with Crippen LogP contribution in [0.25, 0.3) is 0 Å². The molecule has 0 unspecified atom stereocenters. The van der Waals surface area contributed by atoms with Crippen molar-refractivity contribution in [1.29, 1.82) is 0 Å². The zero-order valence-electron chi connectivity index (χ0n) is 5.87. The number of nitrogens with one attached hydrogen (secondary N) is 1. The third-order valence-corrected chi connectivity index (χ3v) is 1.93. The monoisotopic (exact) mass is 148 g/mol. The van der Waals surface area contributed by atoms with Gasteiger partial charge in [-0.15, -0.1) is 0 Å². The quantitative estimate of drug-likeness (QED) is 0.618. The van der Waals surface area contributed by atoms with Crippen LogP contribution in [0.15, 0.2) is 0 Å². The predicted octanol–water partition coefficient (Wildman–Crippen LogP) is 1.11. The van der Waals surface area contributed by atoms with Crippen LogP contribution in [0.1, 0.15) is 6.42 Å². The molecular weight excluding hydrogens is 136 g/mol. The van der Waals surface area contributed by atoms with Gasteiger partial charge in [0, 0.05) is 12.0 Å². The van der Waals surface area contributed by atoms with Gasteiger partial charge in [0.2, 0.25) is 0 Å². The third-order valence-electron chi connectivity index (χ3n) is 1.93. The first-order valence-corrected chi connectivity index (χ1v) is 3.47. The van der Waals surface area contributed by atoms with Crippen molar-refractivity contribution in [3.8, 4) is 0 Å². The van der Waals surface area contributed by atoms with Crippen molar-refractivity contribution < 1.29 is 8.78 Å². The molecule has 1 heterocycles. The fourth-order valence-corrected chi connectivity index (χ4v) is 1.13. The number of piperidine rings is 1. The van der Waals surface area contributed by atoms with Crippen molar-refractivity contribution in [1.82, 2.24) is 5.32 Å². The Morgan fingerprint density at radius 2 is 2.10 bits per heavy atom. The Hall–Kier alpha value is -0.180. The average Bonchev–Trinajstić information content (AvgIpc) is 2.06. The van der Waals surface area contributed by atoms with Crippen LogP contribution in [0.3, 0.4) is 0 Å². The summed E-state index contributed by atoms with van der Waals surface area (Å²) < 4.78 is 24.5. The molecule has 0 bridgehead atoms. The van der Waals surface area contributed by atoms with Crippen LogP contribution >= 0.6 is 0 Å². The zero-order valence-corrected chi connectivity index (χ0v) is 5.87. The first-order valence-electron chi connectivity index (χ1n) is 3.47. The Labute approximate surface area is 59.8 Å². The van der Waals surface area contributed by atoms with E-state index in [1.54, 1.807) is 0 Å². The van der Waals surface area contributed by atoms with Gasteiger partial charge in [0.25, 0.3) is 0 Å². The summed E-state index contributed by atoms with van der Waals surface area (Å²) in [6, 6.07) is 0. The molecule has 1 aliphatic rings. The second-order valence-electron chi connectivity index (χ2n) is 2.89. The molecule has 0 amide bonds. The van der Waals surface area contributed by atoms with Crippen LogP contribution in [0.4, 0.5) is 8.78 Å². The standard InChI is InChI=1S/C7H12F2N/c8-4-7(5-9)2-1-3-10-6-7/h1,10H,2-6H2.